The smallest absolute Gasteiger partial charge is 0.123 e. The van der Waals surface area contributed by atoms with E-state index < -0.39 is 0 Å². The van der Waals surface area contributed by atoms with Crippen molar-refractivity contribution in [2.24, 2.45) is 0 Å². The third kappa shape index (κ3) is 4.61. The van der Waals surface area contributed by atoms with E-state index in [1.54, 1.807) is 6.07 Å². The molecule has 0 aliphatic carbocycles. The standard InChI is InChI=1S/C25H22O/c1-20(16-17-21-10-4-2-5-11-21)23(24-14-8-9-15-25(24)26)19-18-22-12-6-3-7-13-22/h2-19,26H,1H3/b17-16+,19-18+,23-20+. The van der Waals surface area contributed by atoms with Crippen molar-refractivity contribution >= 4 is 17.7 Å². The van der Waals surface area contributed by atoms with Crippen LogP contribution in [0.15, 0.2) is 103 Å². The van der Waals surface area contributed by atoms with Gasteiger partial charge in [0.2, 0.25) is 0 Å². The molecular formula is C25H22O. The summed E-state index contributed by atoms with van der Waals surface area (Å²) in [5.74, 6) is 0.285. The first-order valence-corrected chi connectivity index (χ1v) is 8.69. The summed E-state index contributed by atoms with van der Waals surface area (Å²) in [6.45, 7) is 2.07. The number of hydrogen-bond acceptors (Lipinski definition) is 1. The Morgan fingerprint density at radius 3 is 1.73 bits per heavy atom. The van der Waals surface area contributed by atoms with E-state index in [0.717, 1.165) is 27.8 Å². The third-order valence-corrected chi connectivity index (χ3v) is 4.19. The molecule has 1 heteroatoms. The maximum absolute atomic E-state index is 10.3. The Morgan fingerprint density at radius 2 is 1.15 bits per heavy atom. The van der Waals surface area contributed by atoms with Gasteiger partial charge < -0.3 is 5.11 Å². The van der Waals surface area contributed by atoms with Gasteiger partial charge in [-0.1, -0.05) is 103 Å². The molecule has 0 aliphatic heterocycles. The second kappa shape index (κ2) is 8.68. The molecule has 0 bridgehead atoms. The van der Waals surface area contributed by atoms with Crippen molar-refractivity contribution < 1.29 is 5.11 Å². The fourth-order valence-electron chi connectivity index (χ4n) is 2.75. The highest BCUT2D eigenvalue weighted by atomic mass is 16.3. The Hall–Kier alpha value is -3.32. The molecule has 1 N–H and O–H groups in total. The lowest BCUT2D eigenvalue weighted by Crippen LogP contribution is -1.86. The molecule has 1 nitrogen and oxygen atoms in total. The van der Waals surface area contributed by atoms with E-state index in [1.807, 2.05) is 54.6 Å². The number of hydrogen-bond donors (Lipinski definition) is 1. The number of aromatic hydroxyl groups is 1. The lowest BCUT2D eigenvalue weighted by Gasteiger charge is -2.09. The lowest BCUT2D eigenvalue weighted by molar-refractivity contribution is 0.473. The average Bonchev–Trinajstić information content (AvgIpc) is 2.69. The topological polar surface area (TPSA) is 20.2 Å². The highest BCUT2D eigenvalue weighted by Gasteiger charge is 2.06. The fraction of sp³-hybridized carbons (Fsp3) is 0.0400. The molecule has 0 heterocycles. The highest BCUT2D eigenvalue weighted by molar-refractivity contribution is 5.85. The van der Waals surface area contributed by atoms with E-state index in [4.69, 9.17) is 0 Å². The molecule has 0 fully saturated rings. The van der Waals surface area contributed by atoms with Crippen molar-refractivity contribution in [2.75, 3.05) is 0 Å². The fourth-order valence-corrected chi connectivity index (χ4v) is 2.75. The van der Waals surface area contributed by atoms with Crippen LogP contribution in [0.25, 0.3) is 17.7 Å². The summed E-state index contributed by atoms with van der Waals surface area (Å²) in [5.41, 5.74) is 5.19. The van der Waals surface area contributed by atoms with Crippen LogP contribution in [0.4, 0.5) is 0 Å². The van der Waals surface area contributed by atoms with Crippen LogP contribution in [0.3, 0.4) is 0 Å². The van der Waals surface area contributed by atoms with Crippen LogP contribution in [-0.4, -0.2) is 5.11 Å². The monoisotopic (exact) mass is 338 g/mol. The first kappa shape index (κ1) is 17.5. The van der Waals surface area contributed by atoms with Crippen molar-refractivity contribution in [1.29, 1.82) is 0 Å². The van der Waals surface area contributed by atoms with Gasteiger partial charge in [0, 0.05) is 5.56 Å². The summed E-state index contributed by atoms with van der Waals surface area (Å²) in [4.78, 5) is 0. The Kier molecular flexibility index (Phi) is 5.84. The molecule has 0 amide bonds. The summed E-state index contributed by atoms with van der Waals surface area (Å²) in [7, 11) is 0. The Bertz CT molecular complexity index is 932. The second-order valence-corrected chi connectivity index (χ2v) is 6.10. The predicted molar refractivity (Wildman–Crippen MR) is 112 cm³/mol. The van der Waals surface area contributed by atoms with Gasteiger partial charge in [0.05, 0.1) is 0 Å². The Balaban J connectivity index is 2.00. The van der Waals surface area contributed by atoms with E-state index in [2.05, 4.69) is 55.5 Å². The van der Waals surface area contributed by atoms with Crippen molar-refractivity contribution in [1.82, 2.24) is 0 Å². The maximum Gasteiger partial charge on any atom is 0.123 e. The summed E-state index contributed by atoms with van der Waals surface area (Å²) >= 11 is 0. The van der Waals surface area contributed by atoms with Crippen LogP contribution in [0.5, 0.6) is 5.75 Å². The number of phenolic OH excluding ortho intramolecular Hbond substituents is 1. The molecule has 0 atom stereocenters. The van der Waals surface area contributed by atoms with Gasteiger partial charge in [0.15, 0.2) is 0 Å². The van der Waals surface area contributed by atoms with Gasteiger partial charge in [-0.3, -0.25) is 0 Å². The van der Waals surface area contributed by atoms with E-state index in [9.17, 15) is 5.11 Å². The first-order valence-electron chi connectivity index (χ1n) is 8.69. The molecule has 3 rings (SSSR count). The number of rotatable bonds is 5. The lowest BCUT2D eigenvalue weighted by atomic mass is 9.97. The van der Waals surface area contributed by atoms with E-state index >= 15 is 0 Å². The summed E-state index contributed by atoms with van der Waals surface area (Å²) < 4.78 is 0. The molecule has 128 valence electrons. The molecule has 0 saturated heterocycles. The van der Waals surface area contributed by atoms with Crippen LogP contribution >= 0.6 is 0 Å². The minimum atomic E-state index is 0.285. The van der Waals surface area contributed by atoms with Crippen molar-refractivity contribution in [3.63, 3.8) is 0 Å². The molecule has 0 unspecified atom stereocenters. The van der Waals surface area contributed by atoms with Gasteiger partial charge in [0.1, 0.15) is 5.75 Å². The van der Waals surface area contributed by atoms with Gasteiger partial charge in [-0.2, -0.15) is 0 Å². The summed E-state index contributed by atoms with van der Waals surface area (Å²) in [6.07, 6.45) is 8.31. The second-order valence-electron chi connectivity index (χ2n) is 6.10. The molecule has 0 spiro atoms. The van der Waals surface area contributed by atoms with Crippen LogP contribution in [-0.2, 0) is 0 Å². The van der Waals surface area contributed by atoms with Crippen molar-refractivity contribution in [2.45, 2.75) is 6.92 Å². The SMILES string of the molecule is CC(/C=C/c1ccccc1)=C(/C=C/c1ccccc1)c1ccccc1O. The van der Waals surface area contributed by atoms with Crippen LogP contribution in [0.1, 0.15) is 23.6 Å². The minimum Gasteiger partial charge on any atom is -0.507 e. The normalized spacial score (nSPS) is 12.5. The molecular weight excluding hydrogens is 316 g/mol. The zero-order chi connectivity index (χ0) is 18.2. The van der Waals surface area contributed by atoms with E-state index in [0.29, 0.717) is 0 Å². The van der Waals surface area contributed by atoms with Crippen LogP contribution in [0, 0.1) is 0 Å². The quantitative estimate of drug-likeness (QED) is 0.520. The predicted octanol–water partition coefficient (Wildman–Crippen LogP) is 6.59. The highest BCUT2D eigenvalue weighted by Crippen LogP contribution is 2.29. The number of para-hydroxylation sites is 1. The molecule has 0 aromatic heterocycles. The maximum atomic E-state index is 10.3. The average molecular weight is 338 g/mol. The van der Waals surface area contributed by atoms with Gasteiger partial charge >= 0.3 is 0 Å². The molecule has 3 aromatic rings. The van der Waals surface area contributed by atoms with Gasteiger partial charge in [-0.25, -0.2) is 0 Å². The number of phenols is 1. The minimum absolute atomic E-state index is 0.285. The first-order chi connectivity index (χ1) is 12.7. The van der Waals surface area contributed by atoms with Crippen LogP contribution < -0.4 is 0 Å². The largest absolute Gasteiger partial charge is 0.507 e. The van der Waals surface area contributed by atoms with E-state index in [1.165, 1.54) is 0 Å². The summed E-state index contributed by atoms with van der Waals surface area (Å²) in [6, 6.07) is 27.8. The van der Waals surface area contributed by atoms with E-state index in [-0.39, 0.29) is 5.75 Å². The Morgan fingerprint density at radius 1 is 0.654 bits per heavy atom. The summed E-state index contributed by atoms with van der Waals surface area (Å²) in [5, 5.41) is 10.3. The number of allylic oxidation sites excluding steroid dienone is 4. The van der Waals surface area contributed by atoms with Gasteiger partial charge in [-0.15, -0.1) is 0 Å². The molecule has 0 radical (unpaired) electrons. The zero-order valence-electron chi connectivity index (χ0n) is 14.8. The number of benzene rings is 3. The third-order valence-electron chi connectivity index (χ3n) is 4.19. The molecule has 0 saturated carbocycles. The zero-order valence-corrected chi connectivity index (χ0v) is 14.8. The molecule has 26 heavy (non-hydrogen) atoms. The van der Waals surface area contributed by atoms with Crippen molar-refractivity contribution in [3.05, 3.63) is 119 Å². The molecule has 3 aromatic carbocycles. The Labute approximate surface area is 155 Å². The van der Waals surface area contributed by atoms with Crippen LogP contribution in [0.2, 0.25) is 0 Å². The van der Waals surface area contributed by atoms with Gasteiger partial charge in [-0.05, 0) is 35.3 Å². The van der Waals surface area contributed by atoms with Gasteiger partial charge in [0.25, 0.3) is 0 Å². The van der Waals surface area contributed by atoms with Crippen molar-refractivity contribution in [3.8, 4) is 5.75 Å². The molecule has 0 aliphatic rings.